The number of nitrogens with two attached hydrogens (primary N) is 1. The van der Waals surface area contributed by atoms with Crippen LogP contribution in [0.25, 0.3) is 0 Å². The third kappa shape index (κ3) is 4.28. The van der Waals surface area contributed by atoms with E-state index < -0.39 is 0 Å². The lowest BCUT2D eigenvalue weighted by atomic mass is 9.96. The highest BCUT2D eigenvalue weighted by Crippen LogP contribution is 2.25. The van der Waals surface area contributed by atoms with Gasteiger partial charge in [-0.15, -0.1) is 11.3 Å². The molecule has 1 fully saturated rings. The number of aryl methyl sites for hydroxylation is 1. The molecule has 0 aromatic carbocycles. The van der Waals surface area contributed by atoms with Crippen LogP contribution in [0.5, 0.6) is 0 Å². The summed E-state index contributed by atoms with van der Waals surface area (Å²) in [6, 6.07) is 2.30. The average molecular weight is 281 g/mol. The van der Waals surface area contributed by atoms with Crippen LogP contribution in [-0.4, -0.2) is 43.5 Å². The second kappa shape index (κ2) is 6.84. The van der Waals surface area contributed by atoms with Crippen LogP contribution in [0.2, 0.25) is 0 Å². The Labute approximate surface area is 121 Å². The minimum Gasteiger partial charge on any atom is -0.326 e. The first-order valence-electron chi connectivity index (χ1n) is 7.24. The van der Waals surface area contributed by atoms with Gasteiger partial charge in [-0.3, -0.25) is 4.90 Å². The van der Waals surface area contributed by atoms with Crippen molar-refractivity contribution in [1.82, 2.24) is 9.80 Å². The first-order valence-corrected chi connectivity index (χ1v) is 8.05. The van der Waals surface area contributed by atoms with E-state index in [1.807, 2.05) is 11.3 Å². The molecule has 1 aromatic rings. The van der Waals surface area contributed by atoms with Crippen LogP contribution in [0.3, 0.4) is 0 Å². The van der Waals surface area contributed by atoms with Gasteiger partial charge in [0.15, 0.2) is 0 Å². The molecule has 19 heavy (non-hydrogen) atoms. The number of likely N-dealkylation sites (tertiary alicyclic amines) is 1. The molecule has 2 heterocycles. The van der Waals surface area contributed by atoms with E-state index >= 15 is 0 Å². The molecule has 3 nitrogen and oxygen atoms in total. The summed E-state index contributed by atoms with van der Waals surface area (Å²) in [4.78, 5) is 7.67. The van der Waals surface area contributed by atoms with E-state index in [2.05, 4.69) is 36.9 Å². The van der Waals surface area contributed by atoms with Crippen LogP contribution >= 0.6 is 11.3 Å². The zero-order chi connectivity index (χ0) is 13.8. The number of rotatable bonds is 5. The predicted octanol–water partition coefficient (Wildman–Crippen LogP) is 2.29. The van der Waals surface area contributed by atoms with E-state index in [9.17, 15) is 0 Å². The van der Waals surface area contributed by atoms with Gasteiger partial charge in [0.05, 0.1) is 0 Å². The fraction of sp³-hybridized carbons (Fsp3) is 0.733. The van der Waals surface area contributed by atoms with Crippen LogP contribution in [0.4, 0.5) is 0 Å². The smallest absolute Gasteiger partial charge is 0.0274 e. The molecule has 1 aliphatic heterocycles. The van der Waals surface area contributed by atoms with Gasteiger partial charge in [0.1, 0.15) is 0 Å². The van der Waals surface area contributed by atoms with Crippen molar-refractivity contribution in [2.24, 2.45) is 11.7 Å². The Morgan fingerprint density at radius 3 is 2.58 bits per heavy atom. The first-order chi connectivity index (χ1) is 9.08. The van der Waals surface area contributed by atoms with E-state index in [4.69, 9.17) is 5.73 Å². The molecule has 0 unspecified atom stereocenters. The van der Waals surface area contributed by atoms with Crippen molar-refractivity contribution in [2.75, 3.05) is 33.7 Å². The maximum Gasteiger partial charge on any atom is 0.0274 e. The van der Waals surface area contributed by atoms with Crippen molar-refractivity contribution in [3.63, 3.8) is 0 Å². The Balaban J connectivity index is 1.83. The summed E-state index contributed by atoms with van der Waals surface area (Å²) in [5, 5.41) is 0. The highest BCUT2D eigenvalue weighted by atomic mass is 32.1. The monoisotopic (exact) mass is 281 g/mol. The van der Waals surface area contributed by atoms with Crippen molar-refractivity contribution in [3.05, 3.63) is 21.4 Å². The molecule has 1 aliphatic rings. The maximum absolute atomic E-state index is 5.72. The number of piperidine rings is 1. The molecule has 1 saturated heterocycles. The first kappa shape index (κ1) is 15.0. The second-order valence-corrected chi connectivity index (χ2v) is 7.32. The van der Waals surface area contributed by atoms with Gasteiger partial charge in [-0.2, -0.15) is 0 Å². The van der Waals surface area contributed by atoms with Gasteiger partial charge >= 0.3 is 0 Å². The van der Waals surface area contributed by atoms with Gasteiger partial charge in [-0.05, 0) is 64.5 Å². The molecule has 2 N–H and O–H groups in total. The molecular formula is C15H27N3S. The van der Waals surface area contributed by atoms with Gasteiger partial charge in [-0.1, -0.05) is 0 Å². The van der Waals surface area contributed by atoms with E-state index in [-0.39, 0.29) is 0 Å². The standard InChI is InChI=1S/C15H27N3S/c1-12-14(8-15(9-16)19-12)11-18-6-4-13(5-7-18)10-17(2)3/h8,13H,4-7,9-11,16H2,1-3H3. The molecule has 2 rings (SSSR count). The van der Waals surface area contributed by atoms with E-state index in [0.29, 0.717) is 6.54 Å². The van der Waals surface area contributed by atoms with E-state index in [1.54, 1.807) is 0 Å². The number of thiophene rings is 1. The van der Waals surface area contributed by atoms with Crippen molar-refractivity contribution in [2.45, 2.75) is 32.9 Å². The number of nitrogens with zero attached hydrogens (tertiary/aromatic N) is 2. The second-order valence-electron chi connectivity index (χ2n) is 5.98. The minimum atomic E-state index is 0.677. The number of hydrogen-bond acceptors (Lipinski definition) is 4. The molecule has 0 aliphatic carbocycles. The SMILES string of the molecule is Cc1sc(CN)cc1CN1CCC(CN(C)C)CC1. The van der Waals surface area contributed by atoms with Crippen molar-refractivity contribution >= 4 is 11.3 Å². The van der Waals surface area contributed by atoms with E-state index in [1.165, 1.54) is 47.8 Å². The summed E-state index contributed by atoms with van der Waals surface area (Å²) >= 11 is 1.85. The van der Waals surface area contributed by atoms with Gasteiger partial charge in [0.2, 0.25) is 0 Å². The fourth-order valence-corrected chi connectivity index (χ4v) is 3.86. The van der Waals surface area contributed by atoms with Crippen LogP contribution in [0.1, 0.15) is 28.2 Å². The molecule has 0 saturated carbocycles. The molecule has 108 valence electrons. The molecule has 0 atom stereocenters. The van der Waals surface area contributed by atoms with Crippen LogP contribution in [0, 0.1) is 12.8 Å². The topological polar surface area (TPSA) is 32.5 Å². The Bertz CT molecular complexity index is 392. The number of hydrogen-bond donors (Lipinski definition) is 1. The van der Waals surface area contributed by atoms with Gasteiger partial charge in [0, 0.05) is 29.4 Å². The van der Waals surface area contributed by atoms with Gasteiger partial charge in [-0.25, -0.2) is 0 Å². The van der Waals surface area contributed by atoms with Crippen LogP contribution < -0.4 is 5.73 Å². The zero-order valence-corrected chi connectivity index (χ0v) is 13.3. The van der Waals surface area contributed by atoms with Gasteiger partial charge < -0.3 is 10.6 Å². The summed E-state index contributed by atoms with van der Waals surface area (Å²) in [5.74, 6) is 0.884. The Morgan fingerprint density at radius 1 is 1.37 bits per heavy atom. The summed E-state index contributed by atoms with van der Waals surface area (Å²) in [6.07, 6.45) is 2.68. The molecule has 0 spiro atoms. The largest absolute Gasteiger partial charge is 0.326 e. The molecule has 0 amide bonds. The highest BCUT2D eigenvalue weighted by molar-refractivity contribution is 7.12. The minimum absolute atomic E-state index is 0.677. The Hall–Kier alpha value is -0.420. The summed E-state index contributed by atoms with van der Waals surface area (Å²) in [7, 11) is 4.35. The normalized spacial score (nSPS) is 18.4. The lowest BCUT2D eigenvalue weighted by Crippen LogP contribution is -2.36. The summed E-state index contributed by atoms with van der Waals surface area (Å²) in [5.41, 5.74) is 7.20. The lowest BCUT2D eigenvalue weighted by molar-refractivity contribution is 0.157. The molecule has 1 aromatic heterocycles. The Morgan fingerprint density at radius 2 is 2.05 bits per heavy atom. The summed E-state index contributed by atoms with van der Waals surface area (Å²) in [6.45, 7) is 7.73. The molecule has 0 bridgehead atoms. The van der Waals surface area contributed by atoms with Crippen LogP contribution in [0.15, 0.2) is 6.07 Å². The highest BCUT2D eigenvalue weighted by Gasteiger charge is 2.20. The third-order valence-electron chi connectivity index (χ3n) is 4.00. The maximum atomic E-state index is 5.72. The summed E-state index contributed by atoms with van der Waals surface area (Å²) < 4.78 is 0. The van der Waals surface area contributed by atoms with Crippen molar-refractivity contribution < 1.29 is 0 Å². The molecule has 4 heteroatoms. The third-order valence-corrected chi connectivity index (χ3v) is 5.11. The predicted molar refractivity (Wildman–Crippen MR) is 83.5 cm³/mol. The average Bonchev–Trinajstić information content (AvgIpc) is 2.72. The van der Waals surface area contributed by atoms with Crippen LogP contribution in [-0.2, 0) is 13.1 Å². The fourth-order valence-electron chi connectivity index (χ4n) is 2.93. The zero-order valence-electron chi connectivity index (χ0n) is 12.5. The van der Waals surface area contributed by atoms with Crippen molar-refractivity contribution in [3.8, 4) is 0 Å². The van der Waals surface area contributed by atoms with Crippen molar-refractivity contribution in [1.29, 1.82) is 0 Å². The quantitative estimate of drug-likeness (QED) is 0.899. The molecular weight excluding hydrogens is 254 g/mol. The Kier molecular flexibility index (Phi) is 5.39. The van der Waals surface area contributed by atoms with E-state index in [0.717, 1.165) is 12.5 Å². The molecule has 0 radical (unpaired) electrons. The lowest BCUT2D eigenvalue weighted by Gasteiger charge is -2.33. The van der Waals surface area contributed by atoms with Gasteiger partial charge in [0.25, 0.3) is 0 Å².